The number of urea groups is 1. The zero-order valence-electron chi connectivity index (χ0n) is 20.8. The van der Waals surface area contributed by atoms with E-state index in [9.17, 15) is 14.4 Å². The van der Waals surface area contributed by atoms with E-state index in [4.69, 9.17) is 0 Å². The first-order valence-corrected chi connectivity index (χ1v) is 12.3. The van der Waals surface area contributed by atoms with Crippen LogP contribution in [0.3, 0.4) is 0 Å². The Bertz CT molecular complexity index is 1550. The Labute approximate surface area is 215 Å². The van der Waals surface area contributed by atoms with Gasteiger partial charge in [-0.15, -0.1) is 0 Å². The van der Waals surface area contributed by atoms with Gasteiger partial charge in [0.05, 0.1) is 0 Å². The van der Waals surface area contributed by atoms with Crippen LogP contribution in [0.2, 0.25) is 0 Å². The number of aryl methyl sites for hydroxylation is 2. The molecule has 3 aromatic carbocycles. The average molecular weight is 493 g/mol. The number of hydrogen-bond donors (Lipinski definition) is 2. The number of benzene rings is 3. The largest absolute Gasteiger partial charge is 0.342 e. The summed E-state index contributed by atoms with van der Waals surface area (Å²) in [7, 11) is 0. The van der Waals surface area contributed by atoms with Gasteiger partial charge in [-0.1, -0.05) is 73.2 Å². The summed E-state index contributed by atoms with van der Waals surface area (Å²) in [6, 6.07) is 23.1. The summed E-state index contributed by atoms with van der Waals surface area (Å²) in [6.07, 6.45) is 4.42. The number of nitrogens with zero attached hydrogens (tertiary/aromatic N) is 2. The molecule has 0 aliphatic carbocycles. The molecule has 1 aliphatic rings. The highest BCUT2D eigenvalue weighted by Crippen LogP contribution is 2.26. The van der Waals surface area contributed by atoms with Crippen LogP contribution in [0.25, 0.3) is 17.0 Å². The highest BCUT2D eigenvalue weighted by atomic mass is 16.2. The first-order chi connectivity index (χ1) is 17.9. The molecule has 4 aromatic rings. The van der Waals surface area contributed by atoms with Crippen molar-refractivity contribution in [3.63, 3.8) is 0 Å². The maximum absolute atomic E-state index is 13.1. The van der Waals surface area contributed by atoms with Crippen LogP contribution >= 0.6 is 0 Å². The van der Waals surface area contributed by atoms with Gasteiger partial charge in [0.2, 0.25) is 5.91 Å². The molecule has 4 amide bonds. The average Bonchev–Trinajstić information content (AvgIpc) is 3.36. The Balaban J connectivity index is 1.37. The number of carbonyl (C=O) groups is 3. The molecule has 2 heterocycles. The molecule has 7 nitrogen and oxygen atoms in total. The van der Waals surface area contributed by atoms with E-state index in [1.54, 1.807) is 12.1 Å². The minimum absolute atomic E-state index is 0.144. The predicted molar refractivity (Wildman–Crippen MR) is 145 cm³/mol. The highest BCUT2D eigenvalue weighted by Gasteiger charge is 2.35. The van der Waals surface area contributed by atoms with Gasteiger partial charge in [0.25, 0.3) is 5.91 Å². The maximum Gasteiger partial charge on any atom is 0.329 e. The zero-order valence-corrected chi connectivity index (χ0v) is 20.8. The molecule has 0 atom stereocenters. The zero-order chi connectivity index (χ0) is 25.9. The standard InChI is InChI=1S/C30H28N4O3/c1-3-22-11-4-6-13-25(22)31-28(35)19-34-29(36)26(32-30(34)37)16-23-18-33(27-14-7-5-12-24(23)27)17-21-10-8-9-20(2)15-21/h4-16,18H,3,17,19H2,1-2H3,(H,31,35)(H,32,37)/b26-16+. The Morgan fingerprint density at radius 1 is 1.00 bits per heavy atom. The molecule has 5 rings (SSSR count). The summed E-state index contributed by atoms with van der Waals surface area (Å²) in [5, 5.41) is 6.42. The van der Waals surface area contributed by atoms with Gasteiger partial charge in [0.1, 0.15) is 12.2 Å². The molecule has 37 heavy (non-hydrogen) atoms. The van der Waals surface area contributed by atoms with Crippen molar-refractivity contribution in [1.29, 1.82) is 0 Å². The fourth-order valence-corrected chi connectivity index (χ4v) is 4.68. The molecular weight excluding hydrogens is 464 g/mol. The number of hydrogen-bond acceptors (Lipinski definition) is 3. The molecule has 1 aliphatic heterocycles. The number of imide groups is 1. The Morgan fingerprint density at radius 2 is 1.78 bits per heavy atom. The molecule has 7 heteroatoms. The molecule has 0 spiro atoms. The first-order valence-electron chi connectivity index (χ1n) is 12.3. The monoisotopic (exact) mass is 492 g/mol. The van der Waals surface area contributed by atoms with Gasteiger partial charge in [-0.2, -0.15) is 0 Å². The summed E-state index contributed by atoms with van der Waals surface area (Å²) >= 11 is 0. The third-order valence-corrected chi connectivity index (χ3v) is 6.49. The molecule has 0 radical (unpaired) electrons. The Morgan fingerprint density at radius 3 is 2.59 bits per heavy atom. The summed E-state index contributed by atoms with van der Waals surface area (Å²) < 4.78 is 2.13. The molecule has 0 saturated carbocycles. The molecule has 2 N–H and O–H groups in total. The van der Waals surface area contributed by atoms with Crippen molar-refractivity contribution in [2.24, 2.45) is 0 Å². The second-order valence-corrected chi connectivity index (χ2v) is 9.16. The molecule has 186 valence electrons. The fraction of sp³-hybridized carbons (Fsp3) is 0.167. The fourth-order valence-electron chi connectivity index (χ4n) is 4.68. The molecule has 1 aromatic heterocycles. The molecule has 0 bridgehead atoms. The van der Waals surface area contributed by atoms with Crippen LogP contribution in [0, 0.1) is 6.92 Å². The Hall–Kier alpha value is -4.65. The van der Waals surface area contributed by atoms with E-state index in [1.807, 2.05) is 61.7 Å². The van der Waals surface area contributed by atoms with Crippen LogP contribution in [0.5, 0.6) is 0 Å². The number of para-hydroxylation sites is 2. The van der Waals surface area contributed by atoms with Crippen molar-refractivity contribution in [2.75, 3.05) is 11.9 Å². The van der Waals surface area contributed by atoms with Crippen molar-refractivity contribution < 1.29 is 14.4 Å². The third-order valence-electron chi connectivity index (χ3n) is 6.49. The van der Waals surface area contributed by atoms with E-state index >= 15 is 0 Å². The van der Waals surface area contributed by atoms with E-state index in [0.717, 1.165) is 33.4 Å². The van der Waals surface area contributed by atoms with Crippen molar-refractivity contribution in [2.45, 2.75) is 26.8 Å². The van der Waals surface area contributed by atoms with E-state index in [1.165, 1.54) is 11.1 Å². The van der Waals surface area contributed by atoms with Crippen molar-refractivity contribution >= 4 is 40.5 Å². The van der Waals surface area contributed by atoms with Crippen molar-refractivity contribution in [3.8, 4) is 0 Å². The lowest BCUT2D eigenvalue weighted by Crippen LogP contribution is -2.38. The number of carbonyl (C=O) groups excluding carboxylic acids is 3. The van der Waals surface area contributed by atoms with Gasteiger partial charge < -0.3 is 15.2 Å². The SMILES string of the molecule is CCc1ccccc1NC(=O)CN1C(=O)N/C(=C/c2cn(Cc3cccc(C)c3)c3ccccc23)C1=O. The molecular formula is C30H28N4O3. The van der Waals surface area contributed by atoms with Crippen LogP contribution in [-0.4, -0.2) is 33.9 Å². The predicted octanol–water partition coefficient (Wildman–Crippen LogP) is 5.09. The van der Waals surface area contributed by atoms with Crippen LogP contribution < -0.4 is 10.6 Å². The minimum Gasteiger partial charge on any atom is -0.342 e. The van der Waals surface area contributed by atoms with Crippen LogP contribution in [0.1, 0.15) is 29.2 Å². The van der Waals surface area contributed by atoms with Gasteiger partial charge in [0.15, 0.2) is 0 Å². The summed E-state index contributed by atoms with van der Waals surface area (Å²) in [5.74, 6) is -0.958. The van der Waals surface area contributed by atoms with Crippen LogP contribution in [-0.2, 0) is 22.6 Å². The summed E-state index contributed by atoms with van der Waals surface area (Å²) in [6.45, 7) is 4.37. The maximum atomic E-state index is 13.1. The van der Waals surface area contributed by atoms with E-state index < -0.39 is 17.8 Å². The van der Waals surface area contributed by atoms with Crippen LogP contribution in [0.4, 0.5) is 10.5 Å². The Kier molecular flexibility index (Phi) is 6.60. The lowest BCUT2D eigenvalue weighted by Gasteiger charge is -2.13. The number of anilines is 1. The number of fused-ring (bicyclic) bond motifs is 1. The van der Waals surface area contributed by atoms with E-state index in [0.29, 0.717) is 12.2 Å². The third kappa shape index (κ3) is 5.02. The number of amides is 4. The second-order valence-electron chi connectivity index (χ2n) is 9.16. The lowest BCUT2D eigenvalue weighted by molar-refractivity contribution is -0.127. The lowest BCUT2D eigenvalue weighted by atomic mass is 10.1. The van der Waals surface area contributed by atoms with Gasteiger partial charge >= 0.3 is 6.03 Å². The second kappa shape index (κ2) is 10.1. The normalized spacial score (nSPS) is 14.4. The van der Waals surface area contributed by atoms with Crippen LogP contribution in [0.15, 0.2) is 84.7 Å². The number of rotatable bonds is 7. The van der Waals surface area contributed by atoms with Gasteiger partial charge in [0, 0.05) is 34.9 Å². The summed E-state index contributed by atoms with van der Waals surface area (Å²) in [5.41, 5.74) is 6.01. The van der Waals surface area contributed by atoms with Gasteiger partial charge in [-0.25, -0.2) is 9.69 Å². The molecule has 1 saturated heterocycles. The molecule has 0 unspecified atom stereocenters. The number of nitrogens with one attached hydrogen (secondary N) is 2. The summed E-state index contributed by atoms with van der Waals surface area (Å²) in [4.78, 5) is 39.3. The number of aromatic nitrogens is 1. The van der Waals surface area contributed by atoms with E-state index in [-0.39, 0.29) is 12.2 Å². The minimum atomic E-state index is -0.612. The first kappa shape index (κ1) is 24.1. The van der Waals surface area contributed by atoms with Crippen molar-refractivity contribution in [1.82, 2.24) is 14.8 Å². The van der Waals surface area contributed by atoms with Gasteiger partial charge in [-0.05, 0) is 42.7 Å². The quantitative estimate of drug-likeness (QED) is 0.278. The van der Waals surface area contributed by atoms with Gasteiger partial charge in [-0.3, -0.25) is 9.59 Å². The topological polar surface area (TPSA) is 83.4 Å². The van der Waals surface area contributed by atoms with E-state index in [2.05, 4.69) is 40.3 Å². The molecule has 1 fully saturated rings. The smallest absolute Gasteiger partial charge is 0.329 e. The highest BCUT2D eigenvalue weighted by molar-refractivity contribution is 6.16. The van der Waals surface area contributed by atoms with Crippen molar-refractivity contribution in [3.05, 3.63) is 107 Å².